The second-order valence-corrected chi connectivity index (χ2v) is 10.3. The molecule has 1 aromatic carbocycles. The number of rotatable bonds is 5. The summed E-state index contributed by atoms with van der Waals surface area (Å²) in [6.45, 7) is -1.66. The molecule has 1 atom stereocenters. The van der Waals surface area contributed by atoms with Gasteiger partial charge in [-0.05, 0) is 49.1 Å². The summed E-state index contributed by atoms with van der Waals surface area (Å²) >= 11 is 6.64. The number of allylic oxidation sites excluding steroid dienone is 2. The Hall–Kier alpha value is -3.87. The fraction of sp³-hybridized carbons (Fsp3) is 0.400. The van der Waals surface area contributed by atoms with E-state index in [0.717, 1.165) is 0 Å². The number of alkyl halides is 4. The maximum Gasteiger partial charge on any atom is 0.405 e. The lowest BCUT2D eigenvalue weighted by atomic mass is 9.70. The van der Waals surface area contributed by atoms with Gasteiger partial charge < -0.3 is 20.9 Å². The van der Waals surface area contributed by atoms with E-state index >= 15 is 0 Å². The zero-order chi connectivity index (χ0) is 28.1. The van der Waals surface area contributed by atoms with Gasteiger partial charge in [0.2, 0.25) is 11.8 Å². The van der Waals surface area contributed by atoms with E-state index in [4.69, 9.17) is 17.3 Å². The lowest BCUT2D eigenvalue weighted by Crippen LogP contribution is -2.50. The molecule has 206 valence electrons. The summed E-state index contributed by atoms with van der Waals surface area (Å²) in [5.41, 5.74) is 6.25. The first kappa shape index (κ1) is 26.7. The Morgan fingerprint density at radius 3 is 2.62 bits per heavy atom. The van der Waals surface area contributed by atoms with Crippen molar-refractivity contribution in [1.82, 2.24) is 25.3 Å². The number of amides is 4. The predicted octanol–water partition coefficient (Wildman–Crippen LogP) is 2.23. The molecule has 3 heterocycles. The lowest BCUT2D eigenvalue weighted by Gasteiger charge is -2.40. The van der Waals surface area contributed by atoms with Crippen LogP contribution in [0, 0.1) is 5.41 Å². The Labute approximate surface area is 225 Å². The van der Waals surface area contributed by atoms with Crippen LogP contribution >= 0.6 is 11.6 Å². The lowest BCUT2D eigenvalue weighted by molar-refractivity contribution is -0.143. The summed E-state index contributed by atoms with van der Waals surface area (Å²) in [6.07, 6.45) is -0.228. The number of nitrogens with zero attached hydrogens (tertiary/aromatic N) is 3. The number of H-pyrrole nitrogens is 1. The van der Waals surface area contributed by atoms with Crippen LogP contribution in [0.3, 0.4) is 0 Å². The number of likely N-dealkylation sites (tertiary alicyclic amines) is 1. The molecule has 1 unspecified atom stereocenters. The summed E-state index contributed by atoms with van der Waals surface area (Å²) in [4.78, 5) is 53.8. The Morgan fingerprint density at radius 1 is 1.23 bits per heavy atom. The SMILES string of the molecule is NC(=O)c1n[nH]c2ccc(C(=O)N3CCC4(CC3)C(=O)N(CC(=O)NCC(F)(F)F)C3=C4C(Cl)CC=C3)cc12. The number of nitrogens with two attached hydrogens (primary N) is 1. The van der Waals surface area contributed by atoms with Crippen LogP contribution in [0.5, 0.6) is 0 Å². The number of hydrogen-bond donors (Lipinski definition) is 3. The third kappa shape index (κ3) is 4.75. The van der Waals surface area contributed by atoms with Crippen molar-refractivity contribution < 1.29 is 32.3 Å². The van der Waals surface area contributed by atoms with Gasteiger partial charge in [0.15, 0.2) is 5.69 Å². The summed E-state index contributed by atoms with van der Waals surface area (Å²) in [7, 11) is 0. The molecule has 14 heteroatoms. The zero-order valence-corrected chi connectivity index (χ0v) is 21.2. The molecule has 2 aliphatic heterocycles. The van der Waals surface area contributed by atoms with Gasteiger partial charge in [-0.25, -0.2) is 0 Å². The van der Waals surface area contributed by atoms with Crippen LogP contribution in [-0.4, -0.2) is 81.4 Å². The number of carbonyl (C=O) groups is 4. The maximum atomic E-state index is 13.7. The normalized spacial score (nSPS) is 20.6. The summed E-state index contributed by atoms with van der Waals surface area (Å²) in [6, 6.07) is 4.76. The molecule has 39 heavy (non-hydrogen) atoms. The van der Waals surface area contributed by atoms with Crippen LogP contribution < -0.4 is 11.1 Å². The zero-order valence-electron chi connectivity index (χ0n) is 20.5. The molecule has 10 nitrogen and oxygen atoms in total. The highest BCUT2D eigenvalue weighted by molar-refractivity contribution is 6.23. The molecule has 4 amide bonds. The fourth-order valence-electron chi connectivity index (χ4n) is 5.58. The molecule has 5 rings (SSSR count). The van der Waals surface area contributed by atoms with E-state index in [2.05, 4.69) is 10.2 Å². The molecule has 0 saturated carbocycles. The van der Waals surface area contributed by atoms with Crippen molar-refractivity contribution >= 4 is 46.1 Å². The number of nitrogens with one attached hydrogen (secondary N) is 2. The van der Waals surface area contributed by atoms with Crippen LogP contribution in [0.2, 0.25) is 0 Å². The topological polar surface area (TPSA) is 141 Å². The largest absolute Gasteiger partial charge is 0.405 e. The van der Waals surface area contributed by atoms with Gasteiger partial charge in [0.1, 0.15) is 13.1 Å². The molecule has 1 fully saturated rings. The van der Waals surface area contributed by atoms with Crippen LogP contribution in [0.25, 0.3) is 10.9 Å². The average molecular weight is 565 g/mol. The van der Waals surface area contributed by atoms with E-state index in [0.29, 0.717) is 34.2 Å². The van der Waals surface area contributed by atoms with Gasteiger partial charge in [-0.2, -0.15) is 18.3 Å². The highest BCUT2D eigenvalue weighted by atomic mass is 35.5. The first-order chi connectivity index (χ1) is 18.4. The predicted molar refractivity (Wildman–Crippen MR) is 133 cm³/mol. The van der Waals surface area contributed by atoms with Crippen molar-refractivity contribution in [3.05, 3.63) is 52.9 Å². The minimum Gasteiger partial charge on any atom is -0.364 e. The standard InChI is InChI=1S/C25H24ClF3N6O4/c26-15-2-1-3-17-19(15)24(23(39)35(17)11-18(36)31-12-25(27,28)29)6-8-34(9-7-24)22(38)13-4-5-16-14(10-13)20(21(30)37)33-32-16/h1,3-5,10,15H,2,6-9,11-12H2,(H2,30,37)(H,31,36)(H,32,33). The first-order valence-electron chi connectivity index (χ1n) is 12.2. The Balaban J connectivity index is 1.35. The quantitative estimate of drug-likeness (QED) is 0.478. The smallest absolute Gasteiger partial charge is 0.364 e. The Kier molecular flexibility index (Phi) is 6.65. The van der Waals surface area contributed by atoms with Gasteiger partial charge in [-0.3, -0.25) is 24.3 Å². The summed E-state index contributed by atoms with van der Waals surface area (Å²) in [5, 5.41) is 8.27. The molecule has 3 aliphatic rings. The Bertz CT molecular complexity index is 1440. The number of piperidine rings is 1. The number of aromatic amines is 1. The molecule has 1 saturated heterocycles. The number of hydrogen-bond acceptors (Lipinski definition) is 5. The molecule has 0 radical (unpaired) electrons. The maximum absolute atomic E-state index is 13.7. The molecule has 1 aromatic heterocycles. The number of benzene rings is 1. The van der Waals surface area contributed by atoms with Crippen molar-refractivity contribution in [2.75, 3.05) is 26.2 Å². The van der Waals surface area contributed by atoms with Crippen molar-refractivity contribution in [2.45, 2.75) is 30.8 Å². The average Bonchev–Trinajstić information content (AvgIpc) is 3.41. The number of fused-ring (bicyclic) bond motifs is 2. The van der Waals surface area contributed by atoms with E-state index in [1.54, 1.807) is 34.5 Å². The van der Waals surface area contributed by atoms with Crippen molar-refractivity contribution in [3.8, 4) is 0 Å². The van der Waals surface area contributed by atoms with Crippen LogP contribution in [-0.2, 0) is 9.59 Å². The second-order valence-electron chi connectivity index (χ2n) is 9.76. The molecule has 1 aliphatic carbocycles. The molecule has 2 aromatic rings. The number of halogens is 4. The molecule has 0 bridgehead atoms. The Morgan fingerprint density at radius 2 is 1.95 bits per heavy atom. The third-order valence-corrected chi connectivity index (χ3v) is 7.80. The van der Waals surface area contributed by atoms with E-state index in [1.807, 2.05) is 0 Å². The van der Waals surface area contributed by atoms with Gasteiger partial charge in [-0.15, -0.1) is 11.6 Å². The third-order valence-electron chi connectivity index (χ3n) is 7.40. The van der Waals surface area contributed by atoms with Crippen LogP contribution in [0.15, 0.2) is 41.6 Å². The molecular formula is C25H24ClF3N6O4. The van der Waals surface area contributed by atoms with Crippen LogP contribution in [0.1, 0.15) is 40.1 Å². The highest BCUT2D eigenvalue weighted by Gasteiger charge is 2.55. The van der Waals surface area contributed by atoms with E-state index in [1.165, 1.54) is 11.0 Å². The fourth-order valence-corrected chi connectivity index (χ4v) is 6.00. The van der Waals surface area contributed by atoms with Crippen molar-refractivity contribution in [3.63, 3.8) is 0 Å². The van der Waals surface area contributed by atoms with Gasteiger partial charge in [0.05, 0.1) is 16.3 Å². The van der Waals surface area contributed by atoms with E-state index in [-0.39, 0.29) is 37.5 Å². The number of aromatic nitrogens is 2. The minimum absolute atomic E-state index is 0.0196. The minimum atomic E-state index is -4.58. The van der Waals surface area contributed by atoms with Gasteiger partial charge in [0, 0.05) is 29.7 Å². The number of carbonyl (C=O) groups excluding carboxylic acids is 4. The summed E-state index contributed by atoms with van der Waals surface area (Å²) < 4.78 is 37.7. The van der Waals surface area contributed by atoms with Crippen LogP contribution in [0.4, 0.5) is 13.2 Å². The van der Waals surface area contributed by atoms with E-state index in [9.17, 15) is 32.3 Å². The first-order valence-corrected chi connectivity index (χ1v) is 12.6. The molecular weight excluding hydrogens is 541 g/mol. The number of primary amides is 1. The van der Waals surface area contributed by atoms with E-state index < -0.39 is 47.8 Å². The van der Waals surface area contributed by atoms with Gasteiger partial charge >= 0.3 is 6.18 Å². The van der Waals surface area contributed by atoms with Crippen molar-refractivity contribution in [1.29, 1.82) is 0 Å². The highest BCUT2D eigenvalue weighted by Crippen LogP contribution is 2.52. The van der Waals surface area contributed by atoms with Crippen molar-refractivity contribution in [2.24, 2.45) is 11.1 Å². The molecule has 4 N–H and O–H groups in total. The monoisotopic (exact) mass is 564 g/mol. The second kappa shape index (κ2) is 9.70. The van der Waals surface area contributed by atoms with Gasteiger partial charge in [0.25, 0.3) is 11.8 Å². The summed E-state index contributed by atoms with van der Waals surface area (Å²) in [5.74, 6) is -2.39. The molecule has 1 spiro atoms. The van der Waals surface area contributed by atoms with Gasteiger partial charge in [-0.1, -0.05) is 6.08 Å².